The molecule has 1 rings (SSSR count). The summed E-state index contributed by atoms with van der Waals surface area (Å²) in [4.78, 5) is 37.2. The van der Waals surface area contributed by atoms with Gasteiger partial charge in [-0.3, -0.25) is 14.4 Å². The summed E-state index contributed by atoms with van der Waals surface area (Å²) in [5.41, 5.74) is 0.563. The van der Waals surface area contributed by atoms with Crippen molar-refractivity contribution in [1.82, 2.24) is 15.5 Å². The lowest BCUT2D eigenvalue weighted by Gasteiger charge is -2.29. The highest BCUT2D eigenvalue weighted by Gasteiger charge is 2.22. The van der Waals surface area contributed by atoms with Crippen LogP contribution < -0.4 is 10.6 Å². The molecule has 1 atom stereocenters. The molecule has 0 aliphatic heterocycles. The van der Waals surface area contributed by atoms with Gasteiger partial charge in [0.1, 0.15) is 0 Å². The Hall–Kier alpha value is -2.15. The molecule has 2 N–H and O–H groups in total. The second-order valence-corrected chi connectivity index (χ2v) is 6.88. The number of thiophene rings is 1. The Kier molecular flexibility index (Phi) is 8.18. The molecule has 132 valence electrons. The van der Waals surface area contributed by atoms with Crippen molar-refractivity contribution < 1.29 is 14.4 Å². The van der Waals surface area contributed by atoms with Gasteiger partial charge in [0.15, 0.2) is 0 Å². The summed E-state index contributed by atoms with van der Waals surface area (Å²) in [5, 5.41) is 7.20. The first-order valence-electron chi connectivity index (χ1n) is 7.78. The van der Waals surface area contributed by atoms with Gasteiger partial charge in [-0.2, -0.15) is 0 Å². The number of hydrogen-bond donors (Lipinski definition) is 2. The average Bonchev–Trinajstić information content (AvgIpc) is 3.07. The molecule has 0 spiro atoms. The Labute approximate surface area is 146 Å². The maximum Gasteiger partial charge on any atom is 0.246 e. The lowest BCUT2D eigenvalue weighted by atomic mass is 10.00. The zero-order valence-electron chi connectivity index (χ0n) is 14.5. The first-order chi connectivity index (χ1) is 11.4. The lowest BCUT2D eigenvalue weighted by Crippen LogP contribution is -2.43. The van der Waals surface area contributed by atoms with Crippen molar-refractivity contribution in [3.8, 4) is 0 Å². The number of likely N-dealkylation sites (N-methyl/N-ethyl adjacent to an activating group) is 1. The molecular weight excluding hydrogens is 326 g/mol. The van der Waals surface area contributed by atoms with Crippen LogP contribution in [0.25, 0.3) is 0 Å². The highest BCUT2D eigenvalue weighted by molar-refractivity contribution is 7.09. The lowest BCUT2D eigenvalue weighted by molar-refractivity contribution is -0.132. The minimum Gasteiger partial charge on any atom is -0.350 e. The molecule has 1 aromatic rings. The van der Waals surface area contributed by atoms with Crippen LogP contribution in [0.2, 0.25) is 0 Å². The highest BCUT2D eigenvalue weighted by atomic mass is 32.1. The Bertz CT molecular complexity index is 582. The molecule has 3 amide bonds. The van der Waals surface area contributed by atoms with Crippen LogP contribution in [0.3, 0.4) is 0 Å². The summed E-state index contributed by atoms with van der Waals surface area (Å²) in [6, 6.07) is 3.68. The molecule has 0 fully saturated rings. The molecular formula is C17H25N3O3S. The average molecular weight is 351 g/mol. The number of nitrogens with zero attached hydrogens (tertiary/aromatic N) is 1. The molecule has 7 heteroatoms. The van der Waals surface area contributed by atoms with Crippen molar-refractivity contribution in [3.05, 3.63) is 34.0 Å². The molecule has 0 bridgehead atoms. The van der Waals surface area contributed by atoms with Crippen LogP contribution in [0.15, 0.2) is 29.2 Å². The predicted octanol–water partition coefficient (Wildman–Crippen LogP) is 1.54. The normalized spacial score (nSPS) is 12.6. The molecule has 0 aliphatic rings. The molecule has 0 aromatic carbocycles. The van der Waals surface area contributed by atoms with Crippen LogP contribution in [0.1, 0.15) is 25.6 Å². The highest BCUT2D eigenvalue weighted by Crippen LogP contribution is 2.14. The van der Waals surface area contributed by atoms with Crippen LogP contribution in [-0.4, -0.2) is 42.8 Å². The molecule has 1 unspecified atom stereocenters. The maximum atomic E-state index is 12.2. The summed E-state index contributed by atoms with van der Waals surface area (Å²) < 4.78 is 0. The van der Waals surface area contributed by atoms with Gasteiger partial charge in [0.05, 0.1) is 19.1 Å². The van der Waals surface area contributed by atoms with Gasteiger partial charge in [0, 0.05) is 17.5 Å². The van der Waals surface area contributed by atoms with Crippen molar-refractivity contribution in [3.63, 3.8) is 0 Å². The van der Waals surface area contributed by atoms with Gasteiger partial charge in [-0.05, 0) is 24.3 Å². The fourth-order valence-corrected chi connectivity index (χ4v) is 2.87. The first kappa shape index (κ1) is 19.9. The van der Waals surface area contributed by atoms with E-state index in [4.69, 9.17) is 0 Å². The Morgan fingerprint density at radius 1 is 1.38 bits per heavy atom. The third-order valence-electron chi connectivity index (χ3n) is 3.64. The number of carbonyl (C=O) groups is 3. The molecule has 1 heterocycles. The predicted molar refractivity (Wildman–Crippen MR) is 95.4 cm³/mol. The Morgan fingerprint density at radius 3 is 2.62 bits per heavy atom. The number of carbonyl (C=O) groups excluding carboxylic acids is 3. The third-order valence-corrected chi connectivity index (χ3v) is 4.52. The van der Waals surface area contributed by atoms with E-state index in [1.165, 1.54) is 0 Å². The molecule has 0 aliphatic carbocycles. The van der Waals surface area contributed by atoms with Crippen molar-refractivity contribution in [2.45, 2.75) is 33.4 Å². The van der Waals surface area contributed by atoms with E-state index in [0.29, 0.717) is 18.5 Å². The van der Waals surface area contributed by atoms with E-state index < -0.39 is 0 Å². The second-order valence-electron chi connectivity index (χ2n) is 5.85. The minimum absolute atomic E-state index is 0.0549. The Morgan fingerprint density at radius 2 is 2.08 bits per heavy atom. The number of amides is 3. The van der Waals surface area contributed by atoms with Crippen LogP contribution in [0.4, 0.5) is 0 Å². The summed E-state index contributed by atoms with van der Waals surface area (Å²) in [6.45, 7) is 6.14. The zero-order valence-corrected chi connectivity index (χ0v) is 15.4. The SMILES string of the molecule is CC(=CC(C(C)C)N(C)C(=O)CNC=O)C(=O)NCc1cccs1. The van der Waals surface area contributed by atoms with Crippen molar-refractivity contribution in [2.24, 2.45) is 5.92 Å². The molecule has 0 saturated heterocycles. The van der Waals surface area contributed by atoms with E-state index in [-0.39, 0.29) is 30.3 Å². The van der Waals surface area contributed by atoms with Crippen molar-refractivity contribution >= 4 is 29.6 Å². The van der Waals surface area contributed by atoms with Gasteiger partial charge >= 0.3 is 0 Å². The smallest absolute Gasteiger partial charge is 0.246 e. The topological polar surface area (TPSA) is 78.5 Å². The van der Waals surface area contributed by atoms with Gasteiger partial charge in [0.25, 0.3) is 0 Å². The summed E-state index contributed by atoms with van der Waals surface area (Å²) in [7, 11) is 1.67. The van der Waals surface area contributed by atoms with Crippen molar-refractivity contribution in [2.75, 3.05) is 13.6 Å². The van der Waals surface area contributed by atoms with E-state index in [9.17, 15) is 14.4 Å². The van der Waals surface area contributed by atoms with Gasteiger partial charge in [0.2, 0.25) is 18.2 Å². The van der Waals surface area contributed by atoms with Crippen LogP contribution in [0, 0.1) is 5.92 Å². The molecule has 24 heavy (non-hydrogen) atoms. The van der Waals surface area contributed by atoms with Crippen molar-refractivity contribution in [1.29, 1.82) is 0 Å². The van der Waals surface area contributed by atoms with E-state index in [0.717, 1.165) is 4.88 Å². The summed E-state index contributed by atoms with van der Waals surface area (Å²) >= 11 is 1.59. The standard InChI is InChI=1S/C17H25N3O3S/c1-12(2)15(20(4)16(22)10-18-11-21)8-13(3)17(23)19-9-14-6-5-7-24-14/h5-8,11-12,15H,9-10H2,1-4H3,(H,18,21)(H,19,23). The van der Waals surface area contributed by atoms with Crippen LogP contribution in [-0.2, 0) is 20.9 Å². The molecule has 0 saturated carbocycles. The fourth-order valence-electron chi connectivity index (χ4n) is 2.22. The fraction of sp³-hybridized carbons (Fsp3) is 0.471. The van der Waals surface area contributed by atoms with E-state index in [2.05, 4.69) is 10.6 Å². The summed E-state index contributed by atoms with van der Waals surface area (Å²) in [5.74, 6) is -0.222. The second kappa shape index (κ2) is 9.87. The van der Waals surface area contributed by atoms with E-state index >= 15 is 0 Å². The Balaban J connectivity index is 2.72. The van der Waals surface area contributed by atoms with Gasteiger partial charge in [-0.1, -0.05) is 26.0 Å². The molecule has 1 aromatic heterocycles. The quantitative estimate of drug-likeness (QED) is 0.523. The zero-order chi connectivity index (χ0) is 18.1. The van der Waals surface area contributed by atoms with Crippen LogP contribution >= 0.6 is 11.3 Å². The largest absolute Gasteiger partial charge is 0.350 e. The first-order valence-corrected chi connectivity index (χ1v) is 8.66. The number of nitrogens with one attached hydrogen (secondary N) is 2. The van der Waals surface area contributed by atoms with Crippen LogP contribution in [0.5, 0.6) is 0 Å². The third kappa shape index (κ3) is 6.16. The number of hydrogen-bond acceptors (Lipinski definition) is 4. The van der Waals surface area contributed by atoms with Gasteiger partial charge in [-0.25, -0.2) is 0 Å². The summed E-state index contributed by atoms with van der Waals surface area (Å²) in [6.07, 6.45) is 2.29. The van der Waals surface area contributed by atoms with E-state index in [1.807, 2.05) is 31.4 Å². The number of rotatable bonds is 9. The maximum absolute atomic E-state index is 12.2. The van der Waals surface area contributed by atoms with Gasteiger partial charge in [-0.15, -0.1) is 11.3 Å². The molecule has 6 nitrogen and oxygen atoms in total. The van der Waals surface area contributed by atoms with Gasteiger partial charge < -0.3 is 15.5 Å². The minimum atomic E-state index is -0.224. The molecule has 0 radical (unpaired) electrons. The monoisotopic (exact) mass is 351 g/mol. The van der Waals surface area contributed by atoms with E-state index in [1.54, 1.807) is 36.3 Å².